The van der Waals surface area contributed by atoms with Crippen molar-refractivity contribution in [3.8, 4) is 0 Å². The number of nitrogens with two attached hydrogens (primary N) is 1. The van der Waals surface area contributed by atoms with Gasteiger partial charge in [-0.1, -0.05) is 0 Å². The van der Waals surface area contributed by atoms with Gasteiger partial charge < -0.3 is 30.5 Å². The van der Waals surface area contributed by atoms with Gasteiger partial charge >= 0.3 is 7.82 Å². The summed E-state index contributed by atoms with van der Waals surface area (Å²) in [5, 5.41) is 21.3. The van der Waals surface area contributed by atoms with Crippen LogP contribution in [0.5, 0.6) is 0 Å². The molecular weight excluding hydrogens is 350 g/mol. The molecular formula is C9H13N2NaO8PS. The van der Waals surface area contributed by atoms with Crippen molar-refractivity contribution in [2.75, 3.05) is 6.61 Å². The van der Waals surface area contributed by atoms with Crippen LogP contribution in [0.25, 0.3) is 0 Å². The van der Waals surface area contributed by atoms with Crippen LogP contribution in [0.2, 0.25) is 0 Å². The van der Waals surface area contributed by atoms with Crippen LogP contribution >= 0.6 is 19.2 Å². The van der Waals surface area contributed by atoms with Gasteiger partial charge in [0.25, 0.3) is 5.91 Å². The maximum Gasteiger partial charge on any atom is 0.469 e. The number of thiazole rings is 1. The molecule has 1 aromatic rings. The number of ether oxygens (including phenoxy) is 1. The van der Waals surface area contributed by atoms with E-state index in [1.807, 2.05) is 0 Å². The first-order chi connectivity index (χ1) is 9.69. The Balaban J connectivity index is 0.00000242. The molecule has 0 aliphatic carbocycles. The molecule has 0 spiro atoms. The SMILES string of the molecule is NC(=O)c1csc([C@@H]2O[C@H](COP(=O)(O)O)[C@@H](O)[C@H]2O)n1.[Na]. The Kier molecular flexibility index (Phi) is 7.12. The van der Waals surface area contributed by atoms with Gasteiger partial charge in [0.05, 0.1) is 6.61 Å². The van der Waals surface area contributed by atoms with Crippen molar-refractivity contribution in [2.24, 2.45) is 5.73 Å². The van der Waals surface area contributed by atoms with Crippen LogP contribution in [0, 0.1) is 0 Å². The Morgan fingerprint density at radius 1 is 1.45 bits per heavy atom. The van der Waals surface area contributed by atoms with E-state index in [4.69, 9.17) is 20.3 Å². The molecule has 1 saturated heterocycles. The van der Waals surface area contributed by atoms with Crippen LogP contribution in [0.4, 0.5) is 0 Å². The average Bonchev–Trinajstić information content (AvgIpc) is 2.94. The monoisotopic (exact) mass is 363 g/mol. The van der Waals surface area contributed by atoms with E-state index < -0.39 is 44.8 Å². The van der Waals surface area contributed by atoms with Crippen molar-refractivity contribution < 1.29 is 38.6 Å². The van der Waals surface area contributed by atoms with Crippen molar-refractivity contribution in [3.05, 3.63) is 16.1 Å². The van der Waals surface area contributed by atoms with Crippen LogP contribution in [0.1, 0.15) is 21.6 Å². The Labute approximate surface area is 150 Å². The van der Waals surface area contributed by atoms with E-state index in [1.54, 1.807) is 0 Å². The van der Waals surface area contributed by atoms with Crippen molar-refractivity contribution >= 4 is 54.6 Å². The van der Waals surface area contributed by atoms with Crippen LogP contribution in [0.3, 0.4) is 0 Å². The molecule has 10 nitrogen and oxygen atoms in total. The first-order valence-corrected chi connectivity index (χ1v) is 8.07. The number of nitrogens with zero attached hydrogens (tertiary/aromatic N) is 1. The van der Waals surface area contributed by atoms with E-state index >= 15 is 0 Å². The summed E-state index contributed by atoms with van der Waals surface area (Å²) in [6.07, 6.45) is -4.97. The fourth-order valence-corrected chi connectivity index (χ4v) is 3.02. The van der Waals surface area contributed by atoms with E-state index in [9.17, 15) is 19.6 Å². The molecule has 1 aliphatic rings. The molecule has 1 radical (unpaired) electrons. The minimum absolute atomic E-state index is 0. The Hall–Kier alpha value is 0.0900. The van der Waals surface area contributed by atoms with Gasteiger partial charge in [0.15, 0.2) is 0 Å². The van der Waals surface area contributed by atoms with Gasteiger partial charge in [-0.05, 0) is 0 Å². The summed E-state index contributed by atoms with van der Waals surface area (Å²) in [6.45, 7) is -0.604. The zero-order valence-corrected chi connectivity index (χ0v) is 15.1. The number of amides is 1. The Morgan fingerprint density at radius 2 is 2.09 bits per heavy atom. The number of phosphoric ester groups is 1. The van der Waals surface area contributed by atoms with E-state index in [1.165, 1.54) is 5.38 Å². The van der Waals surface area contributed by atoms with Crippen LogP contribution in [-0.2, 0) is 13.8 Å². The summed E-state index contributed by atoms with van der Waals surface area (Å²) in [4.78, 5) is 32.0. The molecule has 2 heterocycles. The van der Waals surface area contributed by atoms with E-state index in [-0.39, 0.29) is 40.3 Å². The van der Waals surface area contributed by atoms with Gasteiger partial charge in [-0.2, -0.15) is 0 Å². The molecule has 119 valence electrons. The first kappa shape index (κ1) is 20.1. The normalized spacial score (nSPS) is 28.4. The molecule has 6 N–H and O–H groups in total. The van der Waals surface area contributed by atoms with Crippen molar-refractivity contribution in [3.63, 3.8) is 0 Å². The molecule has 0 saturated carbocycles. The standard InChI is InChI=1S/C9H13N2O8PS.Na/c10-8(14)3-2-21-9(11-3)7-6(13)5(12)4(19-7)1-18-20(15,16)17;/h2,4-7,12-13H,1H2,(H2,10,14)(H2,15,16,17);/t4-,5-,6-,7-;/m1./s1. The first-order valence-electron chi connectivity index (χ1n) is 5.66. The van der Waals surface area contributed by atoms with Gasteiger partial charge in [0.2, 0.25) is 0 Å². The summed E-state index contributed by atoms with van der Waals surface area (Å²) in [6, 6.07) is 0. The van der Waals surface area contributed by atoms with Crippen molar-refractivity contribution in [1.82, 2.24) is 4.98 Å². The summed E-state index contributed by atoms with van der Waals surface area (Å²) in [5.74, 6) is -0.744. The Morgan fingerprint density at radius 3 is 2.59 bits per heavy atom. The Bertz CT molecular complexity index is 580. The molecule has 1 aromatic heterocycles. The number of carbonyl (C=O) groups excluding carboxylic acids is 1. The van der Waals surface area contributed by atoms with Crippen molar-refractivity contribution in [2.45, 2.75) is 24.4 Å². The third-order valence-electron chi connectivity index (χ3n) is 2.79. The second-order valence-corrected chi connectivity index (χ2v) is 6.43. The molecule has 1 amide bonds. The number of phosphoric acid groups is 1. The molecule has 0 aromatic carbocycles. The predicted octanol–water partition coefficient (Wildman–Crippen LogP) is -1.87. The molecule has 22 heavy (non-hydrogen) atoms. The minimum atomic E-state index is -4.71. The smallest absolute Gasteiger partial charge is 0.387 e. The van der Waals surface area contributed by atoms with Gasteiger partial charge in [0.1, 0.15) is 35.1 Å². The summed E-state index contributed by atoms with van der Waals surface area (Å²) < 4.78 is 20.1. The summed E-state index contributed by atoms with van der Waals surface area (Å²) in [5.41, 5.74) is 5.05. The number of rotatable bonds is 5. The zero-order chi connectivity index (χ0) is 15.8. The van der Waals surface area contributed by atoms with Gasteiger partial charge in [-0.25, -0.2) is 9.55 Å². The van der Waals surface area contributed by atoms with Crippen molar-refractivity contribution in [1.29, 1.82) is 0 Å². The van der Waals surface area contributed by atoms with Gasteiger partial charge in [-0.15, -0.1) is 11.3 Å². The molecule has 2 rings (SSSR count). The third-order valence-corrected chi connectivity index (χ3v) is 4.18. The molecule has 0 bridgehead atoms. The van der Waals surface area contributed by atoms with E-state index in [0.717, 1.165) is 11.3 Å². The van der Waals surface area contributed by atoms with Gasteiger partial charge in [-0.3, -0.25) is 9.32 Å². The zero-order valence-electron chi connectivity index (χ0n) is 11.4. The quantitative estimate of drug-likeness (QED) is 0.297. The average molecular weight is 363 g/mol. The second kappa shape index (κ2) is 7.77. The number of carbonyl (C=O) groups is 1. The number of aliphatic hydroxyl groups is 2. The summed E-state index contributed by atoms with van der Waals surface area (Å²) >= 11 is 1.00. The number of aliphatic hydroxyl groups excluding tert-OH is 2. The predicted molar refractivity (Wildman–Crippen MR) is 74.0 cm³/mol. The summed E-state index contributed by atoms with van der Waals surface area (Å²) in [7, 11) is -4.71. The van der Waals surface area contributed by atoms with Gasteiger partial charge in [0, 0.05) is 34.9 Å². The largest absolute Gasteiger partial charge is 0.469 e. The van der Waals surface area contributed by atoms with E-state index in [0.29, 0.717) is 0 Å². The maximum atomic E-state index is 11.0. The topological polar surface area (TPSA) is 172 Å². The van der Waals surface area contributed by atoms with E-state index in [2.05, 4.69) is 9.51 Å². The maximum absolute atomic E-state index is 11.0. The molecule has 4 atom stereocenters. The number of primary amides is 1. The van der Waals surface area contributed by atoms with Crippen LogP contribution in [0.15, 0.2) is 5.38 Å². The third kappa shape index (κ3) is 4.79. The number of aromatic nitrogens is 1. The minimum Gasteiger partial charge on any atom is -0.387 e. The molecule has 13 heteroatoms. The number of hydrogen-bond acceptors (Lipinski definition) is 8. The molecule has 1 fully saturated rings. The number of hydrogen-bond donors (Lipinski definition) is 5. The molecule has 1 aliphatic heterocycles. The van der Waals surface area contributed by atoms with Crippen LogP contribution < -0.4 is 5.73 Å². The second-order valence-electron chi connectivity index (χ2n) is 4.30. The van der Waals surface area contributed by atoms with Crippen LogP contribution in [-0.4, -0.2) is 85.4 Å². The fourth-order valence-electron chi connectivity index (χ4n) is 1.79. The molecule has 0 unspecified atom stereocenters. The fraction of sp³-hybridized carbons (Fsp3) is 0.556.